The van der Waals surface area contributed by atoms with Crippen LogP contribution in [0.25, 0.3) is 0 Å². The van der Waals surface area contributed by atoms with Gasteiger partial charge in [0.1, 0.15) is 0 Å². The minimum absolute atomic E-state index is 0.961. The Hall–Kier alpha value is -0.0400. The van der Waals surface area contributed by atoms with Crippen molar-refractivity contribution in [3.63, 3.8) is 0 Å². The summed E-state index contributed by atoms with van der Waals surface area (Å²) in [6.07, 6.45) is 7.11. The maximum atomic E-state index is 3.47. The Bertz CT molecular complexity index is 108. The van der Waals surface area contributed by atoms with Gasteiger partial charge >= 0.3 is 0 Å². The van der Waals surface area contributed by atoms with Crippen LogP contribution in [0.1, 0.15) is 46.0 Å². The minimum Gasteiger partial charge on any atom is -0.317 e. The average molecular weight is 169 g/mol. The lowest BCUT2D eigenvalue weighted by Crippen LogP contribution is -2.24. The van der Waals surface area contributed by atoms with Crippen molar-refractivity contribution in [2.75, 3.05) is 13.1 Å². The van der Waals surface area contributed by atoms with Gasteiger partial charge in [-0.2, -0.15) is 0 Å². The number of nitrogens with one attached hydrogen (secondary N) is 1. The van der Waals surface area contributed by atoms with Crippen LogP contribution >= 0.6 is 0 Å². The first-order chi connectivity index (χ1) is 5.84. The molecule has 0 spiro atoms. The van der Waals surface area contributed by atoms with Crippen molar-refractivity contribution >= 4 is 0 Å². The number of hydrogen-bond acceptors (Lipinski definition) is 1. The highest BCUT2D eigenvalue weighted by Gasteiger charge is 2.22. The largest absolute Gasteiger partial charge is 0.317 e. The van der Waals surface area contributed by atoms with Crippen molar-refractivity contribution in [1.82, 2.24) is 5.32 Å². The Morgan fingerprint density at radius 2 is 2.08 bits per heavy atom. The van der Waals surface area contributed by atoms with E-state index in [1.54, 1.807) is 0 Å². The molecule has 1 aliphatic rings. The molecule has 1 unspecified atom stereocenters. The molecular weight excluding hydrogens is 146 g/mol. The predicted molar refractivity (Wildman–Crippen MR) is 54.3 cm³/mol. The lowest BCUT2D eigenvalue weighted by molar-refractivity contribution is 0.209. The third-order valence-electron chi connectivity index (χ3n) is 3.16. The fourth-order valence-electron chi connectivity index (χ4n) is 1.88. The second kappa shape index (κ2) is 5.58. The van der Waals surface area contributed by atoms with Crippen molar-refractivity contribution in [3.05, 3.63) is 0 Å². The molecule has 1 saturated carbocycles. The predicted octanol–water partition coefficient (Wildman–Crippen LogP) is 2.81. The van der Waals surface area contributed by atoms with Gasteiger partial charge in [-0.1, -0.05) is 33.1 Å². The van der Waals surface area contributed by atoms with Crippen LogP contribution in [0.5, 0.6) is 0 Å². The van der Waals surface area contributed by atoms with E-state index in [2.05, 4.69) is 19.2 Å². The van der Waals surface area contributed by atoms with Gasteiger partial charge in [0.15, 0.2) is 0 Å². The monoisotopic (exact) mass is 169 g/mol. The lowest BCUT2D eigenvalue weighted by atomic mass is 9.75. The standard InChI is InChI=1S/C11H23N/c1-3-8-12-9-7-10(2)11-5-4-6-11/h10-12H,3-9H2,1-2H3. The van der Waals surface area contributed by atoms with Crippen LogP contribution in [0.3, 0.4) is 0 Å². The summed E-state index contributed by atoms with van der Waals surface area (Å²) >= 11 is 0. The average Bonchev–Trinajstić information content (AvgIpc) is 1.95. The summed E-state index contributed by atoms with van der Waals surface area (Å²) in [6, 6.07) is 0. The third kappa shape index (κ3) is 3.14. The molecule has 12 heavy (non-hydrogen) atoms. The summed E-state index contributed by atoms with van der Waals surface area (Å²) < 4.78 is 0. The molecule has 0 radical (unpaired) electrons. The fourth-order valence-corrected chi connectivity index (χ4v) is 1.88. The van der Waals surface area contributed by atoms with E-state index in [9.17, 15) is 0 Å². The van der Waals surface area contributed by atoms with Crippen molar-refractivity contribution in [3.8, 4) is 0 Å². The van der Waals surface area contributed by atoms with Crippen LogP contribution in [0, 0.1) is 11.8 Å². The van der Waals surface area contributed by atoms with Crippen LogP contribution in [-0.4, -0.2) is 13.1 Å². The molecule has 1 heteroatoms. The Morgan fingerprint density at radius 1 is 1.33 bits per heavy atom. The normalized spacial score (nSPS) is 20.5. The van der Waals surface area contributed by atoms with Crippen molar-refractivity contribution < 1.29 is 0 Å². The van der Waals surface area contributed by atoms with Gasteiger partial charge in [0, 0.05) is 0 Å². The Morgan fingerprint density at radius 3 is 2.58 bits per heavy atom. The quantitative estimate of drug-likeness (QED) is 0.603. The second-order valence-corrected chi connectivity index (χ2v) is 4.21. The highest BCUT2D eigenvalue weighted by molar-refractivity contribution is 4.75. The molecule has 1 rings (SSSR count). The van der Waals surface area contributed by atoms with E-state index in [1.807, 2.05) is 0 Å². The van der Waals surface area contributed by atoms with Gasteiger partial charge in [-0.25, -0.2) is 0 Å². The zero-order valence-corrected chi connectivity index (χ0v) is 8.60. The SMILES string of the molecule is CCCNCCC(C)C1CCC1. The van der Waals surface area contributed by atoms with Gasteiger partial charge in [0.2, 0.25) is 0 Å². The molecule has 1 atom stereocenters. The van der Waals surface area contributed by atoms with Crippen molar-refractivity contribution in [2.45, 2.75) is 46.0 Å². The third-order valence-corrected chi connectivity index (χ3v) is 3.16. The molecular formula is C11H23N. The zero-order valence-electron chi connectivity index (χ0n) is 8.60. The zero-order chi connectivity index (χ0) is 8.81. The van der Waals surface area contributed by atoms with Gasteiger partial charge in [-0.3, -0.25) is 0 Å². The highest BCUT2D eigenvalue weighted by Crippen LogP contribution is 2.34. The molecule has 0 aromatic carbocycles. The van der Waals surface area contributed by atoms with Crippen molar-refractivity contribution in [2.24, 2.45) is 11.8 Å². The lowest BCUT2D eigenvalue weighted by Gasteiger charge is -2.31. The van der Waals surface area contributed by atoms with Crippen LogP contribution < -0.4 is 5.32 Å². The van der Waals surface area contributed by atoms with E-state index < -0.39 is 0 Å². The van der Waals surface area contributed by atoms with Crippen molar-refractivity contribution in [1.29, 1.82) is 0 Å². The molecule has 1 nitrogen and oxygen atoms in total. The van der Waals surface area contributed by atoms with E-state index in [0.717, 1.165) is 11.8 Å². The molecule has 0 saturated heterocycles. The maximum absolute atomic E-state index is 3.47. The molecule has 1 aliphatic carbocycles. The van der Waals surface area contributed by atoms with Gasteiger partial charge in [-0.05, 0) is 37.8 Å². The van der Waals surface area contributed by atoms with E-state index in [4.69, 9.17) is 0 Å². The van der Waals surface area contributed by atoms with Crippen LogP contribution in [0.2, 0.25) is 0 Å². The molecule has 1 N–H and O–H groups in total. The molecule has 0 aliphatic heterocycles. The Kier molecular flexibility index (Phi) is 4.67. The molecule has 0 aromatic heterocycles. The fraction of sp³-hybridized carbons (Fsp3) is 1.00. The smallest absolute Gasteiger partial charge is 0.00463 e. The second-order valence-electron chi connectivity index (χ2n) is 4.21. The molecule has 0 heterocycles. The van der Waals surface area contributed by atoms with Crippen LogP contribution in [-0.2, 0) is 0 Å². The minimum atomic E-state index is 0.961. The van der Waals surface area contributed by atoms with E-state index in [-0.39, 0.29) is 0 Å². The summed E-state index contributed by atoms with van der Waals surface area (Å²) in [5, 5.41) is 3.47. The molecule has 1 fully saturated rings. The number of hydrogen-bond donors (Lipinski definition) is 1. The van der Waals surface area contributed by atoms with Crippen LogP contribution in [0.4, 0.5) is 0 Å². The van der Waals surface area contributed by atoms with Gasteiger partial charge < -0.3 is 5.32 Å². The first kappa shape index (κ1) is 10.0. The van der Waals surface area contributed by atoms with E-state index in [0.29, 0.717) is 0 Å². The molecule has 0 aromatic rings. The molecule has 0 amide bonds. The van der Waals surface area contributed by atoms with Crippen LogP contribution in [0.15, 0.2) is 0 Å². The Labute approximate surface area is 76.9 Å². The Balaban J connectivity index is 1.91. The molecule has 72 valence electrons. The van der Waals surface area contributed by atoms with E-state index in [1.165, 1.54) is 45.2 Å². The molecule has 0 bridgehead atoms. The van der Waals surface area contributed by atoms with Gasteiger partial charge in [0.25, 0.3) is 0 Å². The van der Waals surface area contributed by atoms with Gasteiger partial charge in [0.05, 0.1) is 0 Å². The maximum Gasteiger partial charge on any atom is -0.00463 e. The topological polar surface area (TPSA) is 12.0 Å². The summed E-state index contributed by atoms with van der Waals surface area (Å²) in [5.74, 6) is 2.02. The highest BCUT2D eigenvalue weighted by atomic mass is 14.8. The van der Waals surface area contributed by atoms with Gasteiger partial charge in [-0.15, -0.1) is 0 Å². The number of rotatable bonds is 6. The first-order valence-corrected chi connectivity index (χ1v) is 5.55. The summed E-state index contributed by atoms with van der Waals surface area (Å²) in [6.45, 7) is 7.06. The first-order valence-electron chi connectivity index (χ1n) is 5.55. The summed E-state index contributed by atoms with van der Waals surface area (Å²) in [7, 11) is 0. The summed E-state index contributed by atoms with van der Waals surface area (Å²) in [5.41, 5.74) is 0. The van der Waals surface area contributed by atoms with E-state index >= 15 is 0 Å². The summed E-state index contributed by atoms with van der Waals surface area (Å²) in [4.78, 5) is 0.